The predicted molar refractivity (Wildman–Crippen MR) is 90.7 cm³/mol. The zero-order valence-corrected chi connectivity index (χ0v) is 16.9. The third-order valence-corrected chi connectivity index (χ3v) is 7.27. The van der Waals surface area contributed by atoms with Gasteiger partial charge in [-0.1, -0.05) is 0 Å². The van der Waals surface area contributed by atoms with Gasteiger partial charge >= 0.3 is 29.2 Å². The van der Waals surface area contributed by atoms with Crippen LogP contribution in [0.3, 0.4) is 0 Å². The molecule has 0 radical (unpaired) electrons. The van der Waals surface area contributed by atoms with Crippen molar-refractivity contribution in [2.75, 3.05) is 19.0 Å². The molecule has 5 atom stereocenters. The van der Waals surface area contributed by atoms with Gasteiger partial charge in [0.05, 0.1) is 19.4 Å². The molecule has 19 heteroatoms. The Morgan fingerprint density at radius 3 is 2.45 bits per heavy atom. The predicted octanol–water partition coefficient (Wildman–Crippen LogP) is 0.0420. The van der Waals surface area contributed by atoms with Crippen molar-refractivity contribution >= 4 is 29.3 Å². The number of aromatic nitrogens is 2. The Balaban J connectivity index is 2.02. The summed E-state index contributed by atoms with van der Waals surface area (Å²) < 4.78 is 64.8. The van der Waals surface area contributed by atoms with E-state index >= 15 is 0 Å². The van der Waals surface area contributed by atoms with Crippen molar-refractivity contribution in [2.45, 2.75) is 18.8 Å². The quantitative estimate of drug-likeness (QED) is 0.292. The van der Waals surface area contributed by atoms with Gasteiger partial charge in [-0.3, -0.25) is 13.5 Å². The molecule has 3 unspecified atom stereocenters. The molecule has 0 saturated carbocycles. The van der Waals surface area contributed by atoms with Gasteiger partial charge in [-0.2, -0.15) is 13.6 Å². The van der Waals surface area contributed by atoms with Crippen LogP contribution in [-0.4, -0.2) is 48.5 Å². The van der Waals surface area contributed by atoms with Gasteiger partial charge < -0.3 is 30.0 Å². The Morgan fingerprint density at radius 2 is 1.90 bits per heavy atom. The van der Waals surface area contributed by atoms with Crippen molar-refractivity contribution in [1.29, 1.82) is 0 Å². The first kappa shape index (κ1) is 24.3. The number of nitrogen functional groups attached to an aromatic ring is 1. The minimum atomic E-state index is -5.65. The summed E-state index contributed by atoms with van der Waals surface area (Å²) in [5.41, 5.74) is 4.55. The number of nitrogens with zero attached hydrogens (tertiary/aromatic N) is 2. The first-order chi connectivity index (χ1) is 13.2. The number of anilines is 1. The smallest absolute Gasteiger partial charge is 0.383 e. The van der Waals surface area contributed by atoms with Gasteiger partial charge in [0.2, 0.25) is 0 Å². The molecule has 166 valence electrons. The fourth-order valence-corrected chi connectivity index (χ4v) is 5.51. The SMILES string of the molecule is Nc1ccn([C@@H]2O[C@H](COP(=O)(O)OP(=O)(O)OP(=O)(O)O)CC2CF)c(=O)n1. The highest BCUT2D eigenvalue weighted by molar-refractivity contribution is 7.66. The van der Waals surface area contributed by atoms with Crippen LogP contribution in [-0.2, 0) is 31.6 Å². The zero-order chi connectivity index (χ0) is 22.0. The third kappa shape index (κ3) is 7.31. The summed E-state index contributed by atoms with van der Waals surface area (Å²) in [5.74, 6) is -0.919. The number of rotatable bonds is 9. The topological polar surface area (TPSA) is 230 Å². The first-order valence-corrected chi connectivity index (χ1v) is 12.1. The number of hydrogen-bond acceptors (Lipinski definition) is 10. The minimum absolute atomic E-state index is 0.0646. The number of phosphoric acid groups is 3. The molecule has 0 aromatic carbocycles. The second-order valence-corrected chi connectivity index (χ2v) is 10.1. The van der Waals surface area contributed by atoms with Crippen LogP contribution in [0.4, 0.5) is 10.2 Å². The van der Waals surface area contributed by atoms with E-state index in [1.807, 2.05) is 0 Å². The molecule has 6 N–H and O–H groups in total. The second kappa shape index (κ2) is 9.00. The van der Waals surface area contributed by atoms with E-state index < -0.39 is 60.7 Å². The average molecular weight is 483 g/mol. The molecule has 15 nitrogen and oxygen atoms in total. The van der Waals surface area contributed by atoms with Crippen LogP contribution in [0, 0.1) is 5.92 Å². The van der Waals surface area contributed by atoms with Gasteiger partial charge in [0.15, 0.2) is 0 Å². The molecule has 2 heterocycles. The Hall–Kier alpha value is -1.02. The van der Waals surface area contributed by atoms with Crippen molar-refractivity contribution in [3.63, 3.8) is 0 Å². The molecule has 0 bridgehead atoms. The number of alkyl halides is 1. The van der Waals surface area contributed by atoms with E-state index in [9.17, 15) is 27.8 Å². The van der Waals surface area contributed by atoms with Gasteiger partial charge in [0.1, 0.15) is 12.0 Å². The standard InChI is InChI=1S/C10H17FN3O12P3/c11-4-6-3-7(24-9(6)14-2-1-8(12)13-10(14)15)5-23-28(19,20)26-29(21,22)25-27(16,17)18/h1-2,6-7,9H,3-5H2,(H,19,20)(H,21,22)(H2,12,13,15)(H2,16,17,18)/t6?,7-,9+/m0/s1. The monoisotopic (exact) mass is 483 g/mol. The highest BCUT2D eigenvalue weighted by atomic mass is 31.3. The van der Waals surface area contributed by atoms with Gasteiger partial charge in [0.25, 0.3) is 0 Å². The number of phosphoric ester groups is 1. The number of halogens is 1. The molecule has 0 amide bonds. The van der Waals surface area contributed by atoms with Gasteiger partial charge in [-0.15, -0.1) is 0 Å². The van der Waals surface area contributed by atoms with E-state index in [1.165, 1.54) is 12.3 Å². The maximum Gasteiger partial charge on any atom is 0.490 e. The van der Waals surface area contributed by atoms with Crippen molar-refractivity contribution < 1.29 is 55.5 Å². The fraction of sp³-hybridized carbons (Fsp3) is 0.600. The van der Waals surface area contributed by atoms with Crippen LogP contribution in [0.5, 0.6) is 0 Å². The summed E-state index contributed by atoms with van der Waals surface area (Å²) in [6.45, 7) is -1.68. The van der Waals surface area contributed by atoms with Crippen LogP contribution < -0.4 is 11.4 Å². The van der Waals surface area contributed by atoms with Crippen molar-refractivity contribution in [3.8, 4) is 0 Å². The van der Waals surface area contributed by atoms with Crippen molar-refractivity contribution in [2.24, 2.45) is 5.92 Å². The molecule has 0 spiro atoms. The lowest BCUT2D eigenvalue weighted by Gasteiger charge is -2.19. The maximum atomic E-state index is 13.3. The van der Waals surface area contributed by atoms with E-state index in [-0.39, 0.29) is 12.2 Å². The lowest BCUT2D eigenvalue weighted by Crippen LogP contribution is -2.30. The minimum Gasteiger partial charge on any atom is -0.383 e. The Kier molecular flexibility index (Phi) is 7.53. The highest BCUT2D eigenvalue weighted by Gasteiger charge is 2.43. The summed E-state index contributed by atoms with van der Waals surface area (Å²) >= 11 is 0. The summed E-state index contributed by atoms with van der Waals surface area (Å²) in [6.07, 6.45) is -1.03. The van der Waals surface area contributed by atoms with E-state index in [2.05, 4.69) is 18.1 Å². The molecule has 1 aromatic rings. The number of ether oxygens (including phenoxy) is 1. The molecule has 1 aromatic heterocycles. The van der Waals surface area contributed by atoms with Gasteiger partial charge in [0, 0.05) is 12.1 Å². The highest BCUT2D eigenvalue weighted by Crippen LogP contribution is 2.66. The number of nitrogens with two attached hydrogens (primary N) is 1. The summed E-state index contributed by atoms with van der Waals surface area (Å²) in [4.78, 5) is 50.8. The van der Waals surface area contributed by atoms with Crippen LogP contribution in [0.1, 0.15) is 12.6 Å². The lowest BCUT2D eigenvalue weighted by atomic mass is 10.1. The molecule has 1 fully saturated rings. The second-order valence-electron chi connectivity index (χ2n) is 5.73. The Bertz CT molecular complexity index is 936. The van der Waals surface area contributed by atoms with Gasteiger partial charge in [-0.05, 0) is 12.5 Å². The zero-order valence-electron chi connectivity index (χ0n) is 14.3. The molecular formula is C10H17FN3O12P3. The summed E-state index contributed by atoms with van der Waals surface area (Å²) in [5, 5.41) is 0. The summed E-state index contributed by atoms with van der Waals surface area (Å²) in [7, 11) is -16.5. The molecule has 0 aliphatic carbocycles. The van der Waals surface area contributed by atoms with Crippen LogP contribution in [0.25, 0.3) is 0 Å². The Morgan fingerprint density at radius 1 is 1.24 bits per heavy atom. The third-order valence-electron chi connectivity index (χ3n) is 3.46. The Labute approximate surface area is 161 Å². The van der Waals surface area contributed by atoms with Crippen LogP contribution in [0.2, 0.25) is 0 Å². The normalized spacial score (nSPS) is 26.7. The van der Waals surface area contributed by atoms with Crippen molar-refractivity contribution in [1.82, 2.24) is 9.55 Å². The molecular weight excluding hydrogens is 466 g/mol. The van der Waals surface area contributed by atoms with E-state index in [4.69, 9.17) is 25.2 Å². The molecule has 1 saturated heterocycles. The van der Waals surface area contributed by atoms with Crippen LogP contribution in [0.15, 0.2) is 17.1 Å². The van der Waals surface area contributed by atoms with Gasteiger partial charge in [-0.25, -0.2) is 18.5 Å². The van der Waals surface area contributed by atoms with E-state index in [1.54, 1.807) is 0 Å². The fourth-order valence-electron chi connectivity index (χ4n) is 2.46. The van der Waals surface area contributed by atoms with Crippen LogP contribution >= 0.6 is 23.5 Å². The van der Waals surface area contributed by atoms with E-state index in [0.717, 1.165) is 4.57 Å². The molecule has 29 heavy (non-hydrogen) atoms. The average Bonchev–Trinajstić information content (AvgIpc) is 2.92. The first-order valence-electron chi connectivity index (χ1n) is 7.56. The molecule has 2 rings (SSSR count). The summed E-state index contributed by atoms with van der Waals surface area (Å²) in [6, 6.07) is 1.28. The molecule has 1 aliphatic rings. The maximum absolute atomic E-state index is 13.3. The number of hydrogen-bond donors (Lipinski definition) is 5. The van der Waals surface area contributed by atoms with E-state index in [0.29, 0.717) is 0 Å². The van der Waals surface area contributed by atoms with Crippen molar-refractivity contribution in [3.05, 3.63) is 22.7 Å². The lowest BCUT2D eigenvalue weighted by molar-refractivity contribution is -0.0369. The largest absolute Gasteiger partial charge is 0.490 e. The molecule has 1 aliphatic heterocycles.